The van der Waals surface area contributed by atoms with Crippen molar-refractivity contribution in [1.29, 1.82) is 0 Å². The van der Waals surface area contributed by atoms with Crippen LogP contribution in [0.25, 0.3) is 0 Å². The van der Waals surface area contributed by atoms with Gasteiger partial charge in [-0.05, 0) is 24.8 Å². The second-order valence-electron chi connectivity index (χ2n) is 5.74. The molecular weight excluding hydrogens is 335 g/mol. The molecule has 0 radical (unpaired) electrons. The van der Waals surface area contributed by atoms with E-state index in [0.29, 0.717) is 12.8 Å². The Hall–Kier alpha value is -2.78. The van der Waals surface area contributed by atoms with Crippen LogP contribution in [0.15, 0.2) is 48.9 Å². The van der Waals surface area contributed by atoms with Crippen LogP contribution in [0.3, 0.4) is 0 Å². The molecular formula is C17H21BN4O4. The molecule has 26 heavy (non-hydrogen) atoms. The summed E-state index contributed by atoms with van der Waals surface area (Å²) < 4.78 is 0. The van der Waals surface area contributed by atoms with Gasteiger partial charge in [0.15, 0.2) is 0 Å². The zero-order chi connectivity index (χ0) is 18.8. The number of carbonyl (C=O) groups is 2. The highest BCUT2D eigenvalue weighted by Crippen LogP contribution is 2.07. The fraction of sp³-hybridized carbons (Fsp3) is 0.294. The molecule has 2 rings (SSSR count). The zero-order valence-corrected chi connectivity index (χ0v) is 14.2. The van der Waals surface area contributed by atoms with Gasteiger partial charge in [-0.2, -0.15) is 0 Å². The molecule has 136 valence electrons. The average molecular weight is 356 g/mol. The van der Waals surface area contributed by atoms with E-state index in [1.807, 2.05) is 30.3 Å². The summed E-state index contributed by atoms with van der Waals surface area (Å²) in [6.45, 7) is -0.294. The van der Waals surface area contributed by atoms with Crippen LogP contribution in [-0.2, 0) is 11.2 Å². The van der Waals surface area contributed by atoms with E-state index in [1.54, 1.807) is 0 Å². The van der Waals surface area contributed by atoms with Crippen LogP contribution in [0, 0.1) is 0 Å². The van der Waals surface area contributed by atoms with E-state index < -0.39 is 24.9 Å². The number of aromatic nitrogens is 2. The highest BCUT2D eigenvalue weighted by molar-refractivity contribution is 6.43. The molecule has 1 aromatic heterocycles. The van der Waals surface area contributed by atoms with Gasteiger partial charge in [0.2, 0.25) is 5.91 Å². The number of carbonyl (C=O) groups excluding carboxylic acids is 2. The minimum Gasteiger partial charge on any atom is -0.426 e. The van der Waals surface area contributed by atoms with Crippen molar-refractivity contribution in [3.63, 3.8) is 0 Å². The molecule has 1 atom stereocenters. The van der Waals surface area contributed by atoms with Gasteiger partial charge in [0, 0.05) is 12.4 Å². The summed E-state index contributed by atoms with van der Waals surface area (Å²) in [4.78, 5) is 31.4. The van der Waals surface area contributed by atoms with Crippen LogP contribution < -0.4 is 10.6 Å². The topological polar surface area (TPSA) is 124 Å². The van der Waals surface area contributed by atoms with Gasteiger partial charge in [0.05, 0.1) is 18.7 Å². The van der Waals surface area contributed by atoms with Gasteiger partial charge in [0.25, 0.3) is 5.91 Å². The first kappa shape index (κ1) is 19.5. The van der Waals surface area contributed by atoms with E-state index >= 15 is 0 Å². The molecule has 0 saturated heterocycles. The summed E-state index contributed by atoms with van der Waals surface area (Å²) in [5.41, 5.74) is 1.24. The number of aryl methyl sites for hydroxylation is 1. The summed E-state index contributed by atoms with van der Waals surface area (Å²) in [6.07, 6.45) is 5.95. The Morgan fingerprint density at radius 3 is 2.58 bits per heavy atom. The number of rotatable bonds is 9. The lowest BCUT2D eigenvalue weighted by molar-refractivity contribution is -0.120. The van der Waals surface area contributed by atoms with Crippen molar-refractivity contribution in [2.45, 2.75) is 25.2 Å². The predicted molar refractivity (Wildman–Crippen MR) is 95.9 cm³/mol. The maximum atomic E-state index is 11.9. The third kappa shape index (κ3) is 6.62. The van der Waals surface area contributed by atoms with Gasteiger partial charge in [-0.15, -0.1) is 0 Å². The highest BCUT2D eigenvalue weighted by Gasteiger charge is 2.25. The van der Waals surface area contributed by atoms with Crippen LogP contribution in [0.4, 0.5) is 0 Å². The molecule has 4 N–H and O–H groups in total. The van der Waals surface area contributed by atoms with E-state index in [-0.39, 0.29) is 12.2 Å². The molecule has 8 nitrogen and oxygen atoms in total. The largest absolute Gasteiger partial charge is 0.475 e. The molecule has 0 fully saturated rings. The van der Waals surface area contributed by atoms with Crippen LogP contribution in [0.2, 0.25) is 0 Å². The van der Waals surface area contributed by atoms with Crippen molar-refractivity contribution >= 4 is 18.9 Å². The van der Waals surface area contributed by atoms with Crippen LogP contribution in [0.1, 0.15) is 28.9 Å². The zero-order valence-electron chi connectivity index (χ0n) is 14.2. The van der Waals surface area contributed by atoms with Crippen LogP contribution >= 0.6 is 0 Å². The highest BCUT2D eigenvalue weighted by atomic mass is 16.4. The number of benzene rings is 1. The second kappa shape index (κ2) is 10.3. The van der Waals surface area contributed by atoms with E-state index in [9.17, 15) is 19.6 Å². The third-order valence-corrected chi connectivity index (χ3v) is 3.73. The smallest absolute Gasteiger partial charge is 0.426 e. The van der Waals surface area contributed by atoms with Crippen molar-refractivity contribution in [2.24, 2.45) is 0 Å². The number of hydrogen-bond acceptors (Lipinski definition) is 6. The van der Waals surface area contributed by atoms with E-state index in [1.165, 1.54) is 18.6 Å². The monoisotopic (exact) mass is 356 g/mol. The third-order valence-electron chi connectivity index (χ3n) is 3.73. The maximum absolute atomic E-state index is 11.9. The normalized spacial score (nSPS) is 11.5. The number of nitrogens with zero attached hydrogens (tertiary/aromatic N) is 2. The van der Waals surface area contributed by atoms with Gasteiger partial charge in [-0.1, -0.05) is 30.3 Å². The van der Waals surface area contributed by atoms with Crippen molar-refractivity contribution in [2.75, 3.05) is 6.54 Å². The molecule has 0 aliphatic rings. The van der Waals surface area contributed by atoms with E-state index in [2.05, 4.69) is 20.6 Å². The average Bonchev–Trinajstić information content (AvgIpc) is 2.66. The Morgan fingerprint density at radius 2 is 1.92 bits per heavy atom. The molecule has 1 heterocycles. The molecule has 1 aromatic carbocycles. The lowest BCUT2D eigenvalue weighted by Gasteiger charge is -2.18. The SMILES string of the molecule is O=C(CNC(=O)c1cnccn1)NC(CCCc1ccccc1)B(O)O. The quantitative estimate of drug-likeness (QED) is 0.459. The minimum absolute atomic E-state index is 0.0990. The van der Waals surface area contributed by atoms with Crippen molar-refractivity contribution < 1.29 is 19.6 Å². The van der Waals surface area contributed by atoms with Gasteiger partial charge in [-0.3, -0.25) is 14.6 Å². The summed E-state index contributed by atoms with van der Waals surface area (Å²) in [5.74, 6) is -1.85. The molecule has 0 spiro atoms. The first-order valence-corrected chi connectivity index (χ1v) is 8.30. The van der Waals surface area contributed by atoms with Gasteiger partial charge in [0.1, 0.15) is 5.69 Å². The Bertz CT molecular complexity index is 700. The first-order valence-electron chi connectivity index (χ1n) is 8.30. The van der Waals surface area contributed by atoms with E-state index in [4.69, 9.17) is 0 Å². The Labute approximate surface area is 151 Å². The predicted octanol–water partition coefficient (Wildman–Crippen LogP) is -0.274. The maximum Gasteiger partial charge on any atom is 0.475 e. The second-order valence-corrected chi connectivity index (χ2v) is 5.74. The molecule has 2 amide bonds. The lowest BCUT2D eigenvalue weighted by Crippen LogP contribution is -2.49. The number of nitrogens with one attached hydrogen (secondary N) is 2. The summed E-state index contributed by atoms with van der Waals surface area (Å²) >= 11 is 0. The Kier molecular flexibility index (Phi) is 7.72. The van der Waals surface area contributed by atoms with Gasteiger partial charge in [-0.25, -0.2) is 4.98 Å². The van der Waals surface area contributed by atoms with Gasteiger partial charge < -0.3 is 20.7 Å². The summed E-state index contributed by atoms with van der Waals surface area (Å²) in [5, 5.41) is 23.8. The lowest BCUT2D eigenvalue weighted by atomic mass is 9.76. The number of amides is 2. The van der Waals surface area contributed by atoms with Crippen LogP contribution in [-0.4, -0.2) is 51.4 Å². The Balaban J connectivity index is 1.75. The number of hydrogen-bond donors (Lipinski definition) is 4. The summed E-state index contributed by atoms with van der Waals surface area (Å²) in [6, 6.07) is 9.79. The molecule has 0 saturated carbocycles. The van der Waals surface area contributed by atoms with Crippen molar-refractivity contribution in [1.82, 2.24) is 20.6 Å². The molecule has 2 aromatic rings. The molecule has 1 unspecified atom stereocenters. The fourth-order valence-electron chi connectivity index (χ4n) is 2.39. The van der Waals surface area contributed by atoms with Crippen LogP contribution in [0.5, 0.6) is 0 Å². The molecule has 0 aliphatic carbocycles. The standard InChI is InChI=1S/C17H21BN4O4/c23-16(12-21-17(24)14-11-19-9-10-20-14)22-15(18(25)26)8-4-7-13-5-2-1-3-6-13/h1-3,5-6,9-11,15,25-26H,4,7-8,12H2,(H,21,24)(H,22,23). The van der Waals surface area contributed by atoms with Gasteiger partial charge >= 0.3 is 7.12 Å². The van der Waals surface area contributed by atoms with Crippen molar-refractivity contribution in [3.05, 3.63) is 60.2 Å². The van der Waals surface area contributed by atoms with E-state index in [0.717, 1.165) is 12.0 Å². The molecule has 0 bridgehead atoms. The first-order chi connectivity index (χ1) is 12.6. The minimum atomic E-state index is -1.68. The molecule has 0 aliphatic heterocycles. The van der Waals surface area contributed by atoms with Crippen molar-refractivity contribution in [3.8, 4) is 0 Å². The fourth-order valence-corrected chi connectivity index (χ4v) is 2.39. The molecule has 9 heteroatoms. The Morgan fingerprint density at radius 1 is 1.15 bits per heavy atom. The summed E-state index contributed by atoms with van der Waals surface area (Å²) in [7, 11) is -1.68.